The third-order valence-corrected chi connectivity index (χ3v) is 4.28. The van der Waals surface area contributed by atoms with Gasteiger partial charge in [-0.15, -0.1) is 0 Å². The topological polar surface area (TPSA) is 15.3 Å². The van der Waals surface area contributed by atoms with E-state index in [1.54, 1.807) is 0 Å². The predicted octanol–water partition coefficient (Wildman–Crippen LogP) is 2.11. The van der Waals surface area contributed by atoms with E-state index in [-0.39, 0.29) is 0 Å². The summed E-state index contributed by atoms with van der Waals surface area (Å²) in [5.74, 6) is 1.86. The molecule has 0 amide bonds. The molecule has 0 bridgehead atoms. The zero-order valence-corrected chi connectivity index (χ0v) is 10.6. The lowest BCUT2D eigenvalue weighted by Gasteiger charge is -2.33. The van der Waals surface area contributed by atoms with Gasteiger partial charge in [0.25, 0.3) is 0 Å². The van der Waals surface area contributed by atoms with Crippen molar-refractivity contribution in [2.24, 2.45) is 11.8 Å². The number of hydrogen-bond acceptors (Lipinski definition) is 2. The zero-order chi connectivity index (χ0) is 10.9. The maximum absolute atomic E-state index is 3.79. The second-order valence-corrected chi connectivity index (χ2v) is 6.12. The molecule has 1 aliphatic carbocycles. The smallest absolute Gasteiger partial charge is 0.0153 e. The van der Waals surface area contributed by atoms with Crippen LogP contribution in [0, 0.1) is 11.8 Å². The summed E-state index contributed by atoms with van der Waals surface area (Å²) in [4.78, 5) is 2.45. The number of hydrogen-bond donors (Lipinski definition) is 1. The Morgan fingerprint density at radius 1 is 1.13 bits per heavy atom. The van der Waals surface area contributed by atoms with Crippen LogP contribution in [0.15, 0.2) is 0 Å². The van der Waals surface area contributed by atoms with Crippen LogP contribution in [0.4, 0.5) is 0 Å². The van der Waals surface area contributed by atoms with Gasteiger partial charge in [-0.2, -0.15) is 0 Å². The Morgan fingerprint density at radius 2 is 1.73 bits per heavy atom. The number of nitrogens with one attached hydrogen (secondary N) is 1. The van der Waals surface area contributed by atoms with Gasteiger partial charge < -0.3 is 10.2 Å². The quantitative estimate of drug-likeness (QED) is 0.764. The summed E-state index contributed by atoms with van der Waals surface area (Å²) in [6.45, 7) is 8.56. The minimum Gasteiger partial charge on any atom is -0.311 e. The average Bonchev–Trinajstić information content (AvgIpc) is 3.00. The zero-order valence-electron chi connectivity index (χ0n) is 10.6. The Bertz CT molecular complexity index is 201. The van der Waals surface area contributed by atoms with E-state index in [2.05, 4.69) is 31.1 Å². The second kappa shape index (κ2) is 4.42. The lowest BCUT2D eigenvalue weighted by atomic mass is 9.93. The van der Waals surface area contributed by atoms with Crippen LogP contribution in [-0.4, -0.2) is 37.1 Å². The fraction of sp³-hybridized carbons (Fsp3) is 1.00. The highest BCUT2D eigenvalue weighted by Gasteiger charge is 2.37. The number of rotatable bonds is 4. The molecular formula is C13H26N2. The summed E-state index contributed by atoms with van der Waals surface area (Å²) < 4.78 is 0. The molecule has 1 heterocycles. The van der Waals surface area contributed by atoms with Gasteiger partial charge in [-0.1, -0.05) is 0 Å². The Hall–Kier alpha value is -0.0800. The molecule has 0 unspecified atom stereocenters. The van der Waals surface area contributed by atoms with Gasteiger partial charge in [0.05, 0.1) is 0 Å². The highest BCUT2D eigenvalue weighted by molar-refractivity contribution is 4.94. The maximum Gasteiger partial charge on any atom is 0.0153 e. The summed E-state index contributed by atoms with van der Waals surface area (Å²) in [6, 6.07) is 0. The SMILES string of the molecule is CN1CCC(CNC(C)(C)C2CC2)CC1. The van der Waals surface area contributed by atoms with Crippen LogP contribution < -0.4 is 5.32 Å². The lowest BCUT2D eigenvalue weighted by Crippen LogP contribution is -2.45. The molecule has 0 aromatic rings. The molecule has 2 nitrogen and oxygen atoms in total. The molecule has 0 aromatic heterocycles. The Labute approximate surface area is 94.4 Å². The van der Waals surface area contributed by atoms with Crippen LogP contribution in [0.2, 0.25) is 0 Å². The average molecular weight is 210 g/mol. The summed E-state index contributed by atoms with van der Waals surface area (Å²) in [5, 5.41) is 3.79. The summed E-state index contributed by atoms with van der Waals surface area (Å²) >= 11 is 0. The number of likely N-dealkylation sites (tertiary alicyclic amines) is 1. The summed E-state index contributed by atoms with van der Waals surface area (Å²) in [7, 11) is 2.23. The molecule has 2 rings (SSSR count). The molecule has 2 heteroatoms. The van der Waals surface area contributed by atoms with E-state index < -0.39 is 0 Å². The van der Waals surface area contributed by atoms with Gasteiger partial charge in [0.15, 0.2) is 0 Å². The van der Waals surface area contributed by atoms with Crippen LogP contribution in [-0.2, 0) is 0 Å². The van der Waals surface area contributed by atoms with Crippen molar-refractivity contribution in [2.75, 3.05) is 26.7 Å². The molecule has 88 valence electrons. The van der Waals surface area contributed by atoms with Crippen molar-refractivity contribution >= 4 is 0 Å². The van der Waals surface area contributed by atoms with Crippen molar-refractivity contribution in [3.63, 3.8) is 0 Å². The van der Waals surface area contributed by atoms with Crippen molar-refractivity contribution in [3.8, 4) is 0 Å². The Kier molecular flexibility index (Phi) is 3.36. The third-order valence-electron chi connectivity index (χ3n) is 4.28. The molecule has 0 spiro atoms. The van der Waals surface area contributed by atoms with Crippen molar-refractivity contribution in [1.82, 2.24) is 10.2 Å². The minimum atomic E-state index is 0.392. The number of nitrogens with zero attached hydrogens (tertiary/aromatic N) is 1. The van der Waals surface area contributed by atoms with Crippen molar-refractivity contribution in [1.29, 1.82) is 0 Å². The molecule has 0 radical (unpaired) electrons. The molecule has 1 saturated heterocycles. The molecule has 1 N–H and O–H groups in total. The van der Waals surface area contributed by atoms with E-state index in [1.165, 1.54) is 45.3 Å². The standard InChI is InChI=1S/C13H26N2/c1-13(2,12-4-5-12)14-10-11-6-8-15(3)9-7-11/h11-12,14H,4-10H2,1-3H3. The van der Waals surface area contributed by atoms with Crippen LogP contribution in [0.25, 0.3) is 0 Å². The summed E-state index contributed by atoms with van der Waals surface area (Å²) in [6.07, 6.45) is 5.63. The van der Waals surface area contributed by atoms with Gasteiger partial charge >= 0.3 is 0 Å². The Morgan fingerprint density at radius 3 is 2.27 bits per heavy atom. The second-order valence-electron chi connectivity index (χ2n) is 6.12. The van der Waals surface area contributed by atoms with Gasteiger partial charge in [-0.05, 0) is 78.0 Å². The monoisotopic (exact) mass is 210 g/mol. The number of piperidine rings is 1. The lowest BCUT2D eigenvalue weighted by molar-refractivity contribution is 0.201. The maximum atomic E-state index is 3.79. The highest BCUT2D eigenvalue weighted by atomic mass is 15.1. The first-order valence-corrected chi connectivity index (χ1v) is 6.51. The van der Waals surface area contributed by atoms with Crippen LogP contribution >= 0.6 is 0 Å². The largest absolute Gasteiger partial charge is 0.311 e. The van der Waals surface area contributed by atoms with Gasteiger partial charge in [0, 0.05) is 5.54 Å². The first-order valence-electron chi connectivity index (χ1n) is 6.51. The van der Waals surface area contributed by atoms with Gasteiger partial charge in [0.1, 0.15) is 0 Å². The van der Waals surface area contributed by atoms with Gasteiger partial charge in [-0.25, -0.2) is 0 Å². The van der Waals surface area contributed by atoms with Crippen LogP contribution in [0.5, 0.6) is 0 Å². The first kappa shape index (κ1) is 11.4. The molecule has 0 atom stereocenters. The Balaban J connectivity index is 1.69. The molecule has 2 aliphatic rings. The fourth-order valence-electron chi connectivity index (χ4n) is 2.62. The molecule has 15 heavy (non-hydrogen) atoms. The molecule has 1 saturated carbocycles. The van der Waals surface area contributed by atoms with Crippen LogP contribution in [0.1, 0.15) is 39.5 Å². The molecule has 1 aliphatic heterocycles. The molecule has 0 aromatic carbocycles. The third kappa shape index (κ3) is 3.18. The first-order chi connectivity index (χ1) is 7.08. The van der Waals surface area contributed by atoms with E-state index in [9.17, 15) is 0 Å². The van der Waals surface area contributed by atoms with Crippen molar-refractivity contribution in [3.05, 3.63) is 0 Å². The summed E-state index contributed by atoms with van der Waals surface area (Å²) in [5.41, 5.74) is 0.392. The van der Waals surface area contributed by atoms with Gasteiger partial charge in [0.2, 0.25) is 0 Å². The molecule has 2 fully saturated rings. The van der Waals surface area contributed by atoms with Crippen LogP contribution in [0.3, 0.4) is 0 Å². The van der Waals surface area contributed by atoms with E-state index in [0.717, 1.165) is 11.8 Å². The van der Waals surface area contributed by atoms with E-state index in [1.807, 2.05) is 0 Å². The van der Waals surface area contributed by atoms with Gasteiger partial charge in [-0.3, -0.25) is 0 Å². The van der Waals surface area contributed by atoms with E-state index in [4.69, 9.17) is 0 Å². The highest BCUT2D eigenvalue weighted by Crippen LogP contribution is 2.39. The normalized spacial score (nSPS) is 25.8. The predicted molar refractivity (Wildman–Crippen MR) is 65.0 cm³/mol. The fourth-order valence-corrected chi connectivity index (χ4v) is 2.62. The van der Waals surface area contributed by atoms with Crippen molar-refractivity contribution < 1.29 is 0 Å². The minimum absolute atomic E-state index is 0.392. The van der Waals surface area contributed by atoms with E-state index in [0.29, 0.717) is 5.54 Å². The van der Waals surface area contributed by atoms with E-state index >= 15 is 0 Å². The van der Waals surface area contributed by atoms with Crippen molar-refractivity contribution in [2.45, 2.75) is 45.1 Å². The molecular weight excluding hydrogens is 184 g/mol.